The lowest BCUT2D eigenvalue weighted by molar-refractivity contribution is -0.135. The number of hydrogen-bond acceptors (Lipinski definition) is 3. The first-order valence-electron chi connectivity index (χ1n) is 6.37. The van der Waals surface area contributed by atoms with Crippen molar-refractivity contribution in [3.63, 3.8) is 0 Å². The zero-order chi connectivity index (χ0) is 14.8. The van der Waals surface area contributed by atoms with Gasteiger partial charge >= 0.3 is 5.97 Å². The molecular formula is C16H12FNO3. The van der Waals surface area contributed by atoms with Crippen LogP contribution in [-0.4, -0.2) is 11.1 Å². The Hall–Kier alpha value is -2.82. The fourth-order valence-electron chi connectivity index (χ4n) is 2.18. The molecule has 106 valence electrons. The summed E-state index contributed by atoms with van der Waals surface area (Å²) >= 11 is 0. The van der Waals surface area contributed by atoms with Crippen LogP contribution in [0.1, 0.15) is 5.56 Å². The largest absolute Gasteiger partial charge is 0.475 e. The topological polar surface area (TPSA) is 49.8 Å². The Morgan fingerprint density at radius 2 is 1.86 bits per heavy atom. The van der Waals surface area contributed by atoms with Gasteiger partial charge in [-0.05, 0) is 18.2 Å². The highest BCUT2D eigenvalue weighted by atomic mass is 19.1. The minimum Gasteiger partial charge on any atom is -0.475 e. The van der Waals surface area contributed by atoms with Crippen LogP contribution in [0.25, 0.3) is 0 Å². The van der Waals surface area contributed by atoms with Crippen LogP contribution >= 0.6 is 0 Å². The summed E-state index contributed by atoms with van der Waals surface area (Å²) in [7, 11) is 0. The Labute approximate surface area is 120 Å². The van der Waals surface area contributed by atoms with Gasteiger partial charge in [-0.3, -0.25) is 0 Å². The number of hydrogen-bond donors (Lipinski definition) is 1. The van der Waals surface area contributed by atoms with Crippen molar-refractivity contribution in [1.29, 1.82) is 0 Å². The Kier molecular flexibility index (Phi) is 3.31. The highest BCUT2D eigenvalue weighted by molar-refractivity contribution is 5.87. The van der Waals surface area contributed by atoms with E-state index in [2.05, 4.69) is 0 Å². The van der Waals surface area contributed by atoms with Crippen LogP contribution in [0.4, 0.5) is 10.1 Å². The van der Waals surface area contributed by atoms with Gasteiger partial charge in [-0.1, -0.05) is 30.3 Å². The Bertz CT molecular complexity index is 727. The number of fused-ring (bicyclic) bond motifs is 1. The maximum absolute atomic E-state index is 13.8. The number of nitrogens with zero attached hydrogens (tertiary/aromatic N) is 1. The van der Waals surface area contributed by atoms with Crippen LogP contribution in [0.15, 0.2) is 60.5 Å². The molecule has 2 aromatic carbocycles. The predicted octanol–water partition coefficient (Wildman–Crippen LogP) is 3.15. The van der Waals surface area contributed by atoms with E-state index in [1.165, 1.54) is 12.3 Å². The standard InChI is InChI=1S/C16H12FNO3/c17-12-6-2-1-5-11(12)9-18-10-15(16(19)20)21-14-8-4-3-7-13(14)18/h1-8,10H,9H2,(H,19,20). The van der Waals surface area contributed by atoms with Crippen LogP contribution in [0.2, 0.25) is 0 Å². The van der Waals surface area contributed by atoms with E-state index in [0.29, 0.717) is 17.0 Å². The van der Waals surface area contributed by atoms with E-state index in [0.717, 1.165) is 0 Å². The zero-order valence-electron chi connectivity index (χ0n) is 11.0. The lowest BCUT2D eigenvalue weighted by atomic mass is 10.1. The summed E-state index contributed by atoms with van der Waals surface area (Å²) in [6.45, 7) is 0.226. The van der Waals surface area contributed by atoms with Crippen LogP contribution < -0.4 is 9.64 Å². The molecule has 0 aliphatic carbocycles. The minimum atomic E-state index is -1.16. The van der Waals surface area contributed by atoms with Crippen molar-refractivity contribution in [2.24, 2.45) is 0 Å². The van der Waals surface area contributed by atoms with E-state index >= 15 is 0 Å². The maximum atomic E-state index is 13.8. The number of benzene rings is 2. The number of carboxylic acids is 1. The van der Waals surface area contributed by atoms with Crippen molar-refractivity contribution >= 4 is 11.7 Å². The van der Waals surface area contributed by atoms with Gasteiger partial charge in [0.1, 0.15) is 5.82 Å². The molecule has 1 N–H and O–H groups in total. The van der Waals surface area contributed by atoms with Crippen molar-refractivity contribution in [3.8, 4) is 5.75 Å². The van der Waals surface area contributed by atoms with Crippen LogP contribution in [-0.2, 0) is 11.3 Å². The fraction of sp³-hybridized carbons (Fsp3) is 0.0625. The van der Waals surface area contributed by atoms with E-state index in [4.69, 9.17) is 9.84 Å². The van der Waals surface area contributed by atoms with E-state index in [-0.39, 0.29) is 18.1 Å². The fourth-order valence-corrected chi connectivity index (χ4v) is 2.18. The van der Waals surface area contributed by atoms with Gasteiger partial charge in [0.05, 0.1) is 18.4 Å². The average Bonchev–Trinajstić information content (AvgIpc) is 2.49. The zero-order valence-corrected chi connectivity index (χ0v) is 11.0. The lowest BCUT2D eigenvalue weighted by Gasteiger charge is -2.28. The van der Waals surface area contributed by atoms with Crippen LogP contribution in [0, 0.1) is 5.82 Å². The molecule has 0 bridgehead atoms. The van der Waals surface area contributed by atoms with E-state index in [1.807, 2.05) is 6.07 Å². The molecule has 0 amide bonds. The smallest absolute Gasteiger partial charge is 0.373 e. The van der Waals surface area contributed by atoms with Gasteiger partial charge in [0.25, 0.3) is 0 Å². The van der Waals surface area contributed by atoms with Crippen molar-refractivity contribution in [1.82, 2.24) is 0 Å². The number of para-hydroxylation sites is 2. The van der Waals surface area contributed by atoms with Crippen molar-refractivity contribution < 1.29 is 19.0 Å². The molecule has 0 fully saturated rings. The van der Waals surface area contributed by atoms with E-state index < -0.39 is 5.97 Å². The normalized spacial score (nSPS) is 13.2. The van der Waals surface area contributed by atoms with Gasteiger partial charge in [0, 0.05) is 5.56 Å². The highest BCUT2D eigenvalue weighted by Crippen LogP contribution is 2.35. The number of halogens is 1. The second-order valence-corrected chi connectivity index (χ2v) is 4.59. The van der Waals surface area contributed by atoms with Crippen molar-refractivity contribution in [2.75, 3.05) is 4.90 Å². The summed E-state index contributed by atoms with van der Waals surface area (Å²) in [6.07, 6.45) is 1.37. The summed E-state index contributed by atoms with van der Waals surface area (Å²) in [5.74, 6) is -1.24. The molecule has 0 aromatic heterocycles. The molecule has 1 aliphatic heterocycles. The third-order valence-electron chi connectivity index (χ3n) is 3.18. The third kappa shape index (κ3) is 2.58. The molecule has 5 heteroatoms. The maximum Gasteiger partial charge on any atom is 0.373 e. The Morgan fingerprint density at radius 3 is 2.62 bits per heavy atom. The third-order valence-corrected chi connectivity index (χ3v) is 3.18. The number of ether oxygens (including phenoxy) is 1. The van der Waals surface area contributed by atoms with E-state index in [9.17, 15) is 9.18 Å². The molecule has 0 spiro atoms. The molecular weight excluding hydrogens is 273 g/mol. The summed E-state index contributed by atoms with van der Waals surface area (Å²) in [5, 5.41) is 9.11. The lowest BCUT2D eigenvalue weighted by Crippen LogP contribution is -2.25. The first-order chi connectivity index (χ1) is 10.1. The molecule has 0 saturated heterocycles. The molecule has 0 saturated carbocycles. The molecule has 4 nitrogen and oxygen atoms in total. The quantitative estimate of drug-likeness (QED) is 0.941. The average molecular weight is 285 g/mol. The predicted molar refractivity (Wildman–Crippen MR) is 75.4 cm³/mol. The highest BCUT2D eigenvalue weighted by Gasteiger charge is 2.23. The van der Waals surface area contributed by atoms with Crippen molar-refractivity contribution in [3.05, 3.63) is 71.9 Å². The first-order valence-corrected chi connectivity index (χ1v) is 6.37. The van der Waals surface area contributed by atoms with Gasteiger partial charge in [-0.15, -0.1) is 0 Å². The number of carboxylic acid groups (broad SMARTS) is 1. The summed E-state index contributed by atoms with van der Waals surface area (Å²) in [4.78, 5) is 12.8. The van der Waals surface area contributed by atoms with Gasteiger partial charge in [-0.25, -0.2) is 9.18 Å². The van der Waals surface area contributed by atoms with Gasteiger partial charge in [0.2, 0.25) is 5.76 Å². The number of carbonyl (C=O) groups is 1. The summed E-state index contributed by atoms with van der Waals surface area (Å²) in [6, 6.07) is 13.5. The second kappa shape index (κ2) is 5.28. The van der Waals surface area contributed by atoms with Crippen molar-refractivity contribution in [2.45, 2.75) is 6.54 Å². The van der Waals surface area contributed by atoms with Gasteiger partial charge < -0.3 is 14.7 Å². The summed E-state index contributed by atoms with van der Waals surface area (Å²) in [5.41, 5.74) is 1.18. The minimum absolute atomic E-state index is 0.190. The van der Waals surface area contributed by atoms with E-state index in [1.54, 1.807) is 41.3 Å². The molecule has 21 heavy (non-hydrogen) atoms. The van der Waals surface area contributed by atoms with Gasteiger partial charge in [0.15, 0.2) is 5.75 Å². The molecule has 0 radical (unpaired) electrons. The molecule has 2 aromatic rings. The molecule has 1 aliphatic rings. The summed E-state index contributed by atoms with van der Waals surface area (Å²) < 4.78 is 19.1. The monoisotopic (exact) mass is 285 g/mol. The number of rotatable bonds is 3. The SMILES string of the molecule is O=C(O)C1=CN(Cc2ccccc2F)c2ccccc2O1. The number of aliphatic carboxylic acids is 1. The molecule has 0 atom stereocenters. The molecule has 1 heterocycles. The van der Waals surface area contributed by atoms with Crippen LogP contribution in [0.5, 0.6) is 5.75 Å². The second-order valence-electron chi connectivity index (χ2n) is 4.59. The Balaban J connectivity index is 2.00. The molecule has 0 unspecified atom stereocenters. The Morgan fingerprint density at radius 1 is 1.14 bits per heavy atom. The number of anilines is 1. The van der Waals surface area contributed by atoms with Crippen LogP contribution in [0.3, 0.4) is 0 Å². The first kappa shape index (κ1) is 13.2. The molecule has 3 rings (SSSR count). The van der Waals surface area contributed by atoms with Gasteiger partial charge in [-0.2, -0.15) is 0 Å².